The summed E-state index contributed by atoms with van der Waals surface area (Å²) in [6.07, 6.45) is 1.61. The Morgan fingerprint density at radius 3 is 2.04 bits per heavy atom. The Morgan fingerprint density at radius 1 is 1.04 bits per heavy atom. The van der Waals surface area contributed by atoms with Crippen LogP contribution in [0.3, 0.4) is 0 Å². The van der Waals surface area contributed by atoms with Crippen LogP contribution in [0.4, 0.5) is 0 Å². The molecule has 25 heavy (non-hydrogen) atoms. The van der Waals surface area contributed by atoms with Crippen molar-refractivity contribution in [3.05, 3.63) is 0 Å². The lowest BCUT2D eigenvalue weighted by Crippen LogP contribution is -2.58. The summed E-state index contributed by atoms with van der Waals surface area (Å²) in [5.41, 5.74) is -0.283. The molecule has 1 amide bonds. The molecule has 0 aliphatic carbocycles. The van der Waals surface area contributed by atoms with Gasteiger partial charge in [0.2, 0.25) is 5.91 Å². The number of carbonyl (C=O) groups is 1. The Morgan fingerprint density at radius 2 is 1.56 bits per heavy atom. The summed E-state index contributed by atoms with van der Waals surface area (Å²) in [4.78, 5) is 11.7. The summed E-state index contributed by atoms with van der Waals surface area (Å²) in [7, 11) is 0. The van der Waals surface area contributed by atoms with Crippen molar-refractivity contribution in [2.24, 2.45) is 11.3 Å². The van der Waals surface area contributed by atoms with Gasteiger partial charge in [-0.1, -0.05) is 13.8 Å². The zero-order valence-corrected chi connectivity index (χ0v) is 15.9. The zero-order valence-electron chi connectivity index (χ0n) is 15.9. The number of ether oxygens (including phenoxy) is 4. The topological polar surface area (TPSA) is 86.3 Å². The first-order valence-electron chi connectivity index (χ1n) is 9.13. The second-order valence-corrected chi connectivity index (χ2v) is 8.09. The molecule has 1 spiro atoms. The summed E-state index contributed by atoms with van der Waals surface area (Å²) in [6, 6.07) is 0. The van der Waals surface area contributed by atoms with Crippen molar-refractivity contribution in [3.63, 3.8) is 0 Å². The highest BCUT2D eigenvalue weighted by Crippen LogP contribution is 2.39. The van der Waals surface area contributed by atoms with Crippen molar-refractivity contribution < 1.29 is 28.8 Å². The third kappa shape index (κ3) is 5.89. The maximum absolute atomic E-state index is 11.7. The Hall–Kier alpha value is -0.730. The lowest BCUT2D eigenvalue weighted by Gasteiger charge is -2.50. The summed E-state index contributed by atoms with van der Waals surface area (Å²) < 4.78 is 23.9. The fourth-order valence-corrected chi connectivity index (χ4v) is 3.18. The number of hydrogen-bond donors (Lipinski definition) is 2. The molecule has 0 unspecified atom stereocenters. The van der Waals surface area contributed by atoms with E-state index in [4.69, 9.17) is 24.1 Å². The number of nitrogens with one attached hydrogen (secondary N) is 1. The predicted molar refractivity (Wildman–Crippen MR) is 91.8 cm³/mol. The largest absolute Gasteiger partial charge is 0.395 e. The first-order valence-corrected chi connectivity index (χ1v) is 9.13. The van der Waals surface area contributed by atoms with Gasteiger partial charge in [0.05, 0.1) is 38.4 Å². The Labute approximate surface area is 150 Å². The Balaban J connectivity index is 1.78. The van der Waals surface area contributed by atoms with E-state index in [0.29, 0.717) is 45.2 Å². The highest BCUT2D eigenvalue weighted by Gasteiger charge is 2.48. The fourth-order valence-electron chi connectivity index (χ4n) is 3.18. The minimum Gasteiger partial charge on any atom is -0.395 e. The van der Waals surface area contributed by atoms with Gasteiger partial charge in [-0.05, 0) is 19.8 Å². The Bertz CT molecular complexity index is 435. The lowest BCUT2D eigenvalue weighted by atomic mass is 9.88. The standard InChI is InChI=1S/C18H33NO6/c1-14(2)9-17(4)24-12-18(13-25-17)10-22-16(3,23-11-18)6-5-15(21)19-7-8-20/h14,20H,5-13H2,1-4H3,(H,19,21). The smallest absolute Gasteiger partial charge is 0.220 e. The van der Waals surface area contributed by atoms with E-state index in [0.717, 1.165) is 6.42 Å². The van der Waals surface area contributed by atoms with Gasteiger partial charge in [-0.2, -0.15) is 0 Å². The van der Waals surface area contributed by atoms with Crippen LogP contribution >= 0.6 is 0 Å². The molecule has 0 aromatic heterocycles. The SMILES string of the molecule is CC(C)CC1(C)OCC2(COC(C)(CCC(=O)NCCO)OC2)CO1. The average Bonchev–Trinajstić information content (AvgIpc) is 2.56. The number of aliphatic hydroxyl groups excluding tert-OH is 1. The maximum atomic E-state index is 11.7. The van der Waals surface area contributed by atoms with E-state index in [2.05, 4.69) is 19.2 Å². The van der Waals surface area contributed by atoms with Crippen LogP contribution in [-0.4, -0.2) is 62.2 Å². The van der Waals surface area contributed by atoms with Crippen LogP contribution in [0.5, 0.6) is 0 Å². The second-order valence-electron chi connectivity index (χ2n) is 8.09. The molecule has 2 N–H and O–H groups in total. The molecule has 146 valence electrons. The number of carbonyl (C=O) groups excluding carboxylic acids is 1. The average molecular weight is 359 g/mol. The van der Waals surface area contributed by atoms with E-state index in [1.807, 2.05) is 13.8 Å². The van der Waals surface area contributed by atoms with Crippen LogP contribution in [0.15, 0.2) is 0 Å². The van der Waals surface area contributed by atoms with E-state index < -0.39 is 11.6 Å². The maximum Gasteiger partial charge on any atom is 0.220 e. The van der Waals surface area contributed by atoms with Crippen LogP contribution in [0.25, 0.3) is 0 Å². The minimum atomic E-state index is -0.777. The molecule has 0 aromatic carbocycles. The van der Waals surface area contributed by atoms with Gasteiger partial charge in [0.15, 0.2) is 11.6 Å². The molecule has 0 atom stereocenters. The molecule has 2 aliphatic rings. The first kappa shape index (κ1) is 20.6. The van der Waals surface area contributed by atoms with E-state index in [-0.39, 0.29) is 24.5 Å². The molecular formula is C18H33NO6. The molecule has 2 aliphatic heterocycles. The quantitative estimate of drug-likeness (QED) is 0.715. The van der Waals surface area contributed by atoms with Gasteiger partial charge in [0, 0.05) is 25.8 Å². The predicted octanol–water partition coefficient (Wildman–Crippen LogP) is 1.43. The third-order valence-electron chi connectivity index (χ3n) is 4.75. The van der Waals surface area contributed by atoms with Crippen LogP contribution in [-0.2, 0) is 23.7 Å². The van der Waals surface area contributed by atoms with Gasteiger partial charge >= 0.3 is 0 Å². The fraction of sp³-hybridized carbons (Fsp3) is 0.944. The summed E-state index contributed by atoms with van der Waals surface area (Å²) >= 11 is 0. The number of hydrogen-bond acceptors (Lipinski definition) is 6. The number of aliphatic hydroxyl groups is 1. The Kier molecular flexibility index (Phi) is 6.84. The molecule has 7 nitrogen and oxygen atoms in total. The third-order valence-corrected chi connectivity index (χ3v) is 4.75. The van der Waals surface area contributed by atoms with Crippen LogP contribution in [0.1, 0.15) is 47.0 Å². The van der Waals surface area contributed by atoms with E-state index >= 15 is 0 Å². The van der Waals surface area contributed by atoms with Gasteiger partial charge in [-0.25, -0.2) is 0 Å². The van der Waals surface area contributed by atoms with Crippen molar-refractivity contribution in [1.29, 1.82) is 0 Å². The highest BCUT2D eigenvalue weighted by atomic mass is 16.7. The molecule has 7 heteroatoms. The van der Waals surface area contributed by atoms with Crippen LogP contribution < -0.4 is 5.32 Å². The molecule has 2 saturated heterocycles. The summed E-state index contributed by atoms with van der Waals surface area (Å²) in [6.45, 7) is 10.4. The highest BCUT2D eigenvalue weighted by molar-refractivity contribution is 5.75. The molecule has 2 fully saturated rings. The van der Waals surface area contributed by atoms with Crippen molar-refractivity contribution in [1.82, 2.24) is 5.32 Å². The van der Waals surface area contributed by atoms with Crippen LogP contribution in [0, 0.1) is 11.3 Å². The summed E-state index contributed by atoms with van der Waals surface area (Å²) in [5, 5.41) is 11.4. The molecule has 0 bridgehead atoms. The lowest BCUT2D eigenvalue weighted by molar-refractivity contribution is -0.362. The van der Waals surface area contributed by atoms with Gasteiger partial charge in [-0.15, -0.1) is 0 Å². The van der Waals surface area contributed by atoms with Crippen molar-refractivity contribution in [3.8, 4) is 0 Å². The minimum absolute atomic E-state index is 0.0613. The first-order chi connectivity index (χ1) is 11.7. The molecule has 2 rings (SSSR count). The van der Waals surface area contributed by atoms with Gasteiger partial charge in [-0.3, -0.25) is 4.79 Å². The van der Waals surface area contributed by atoms with Gasteiger partial charge in [0.1, 0.15) is 0 Å². The molecule has 0 saturated carbocycles. The molecule has 0 aromatic rings. The molecule has 0 radical (unpaired) electrons. The normalized spacial score (nSPS) is 35.9. The summed E-state index contributed by atoms with van der Waals surface area (Å²) in [5.74, 6) is -0.930. The monoisotopic (exact) mass is 359 g/mol. The molecular weight excluding hydrogens is 326 g/mol. The van der Waals surface area contributed by atoms with Crippen molar-refractivity contribution in [2.45, 2.75) is 58.5 Å². The number of rotatable bonds is 7. The second kappa shape index (κ2) is 8.31. The number of amides is 1. The van der Waals surface area contributed by atoms with Gasteiger partial charge in [0.25, 0.3) is 0 Å². The van der Waals surface area contributed by atoms with Gasteiger partial charge < -0.3 is 29.4 Å². The molecule has 2 heterocycles. The van der Waals surface area contributed by atoms with Crippen LogP contribution in [0.2, 0.25) is 0 Å². The zero-order chi connectivity index (χ0) is 18.6. The van der Waals surface area contributed by atoms with Crippen molar-refractivity contribution in [2.75, 3.05) is 39.6 Å². The van der Waals surface area contributed by atoms with E-state index in [1.54, 1.807) is 0 Å². The van der Waals surface area contributed by atoms with E-state index in [9.17, 15) is 4.79 Å². The van der Waals surface area contributed by atoms with Crippen molar-refractivity contribution >= 4 is 5.91 Å². The van der Waals surface area contributed by atoms with E-state index in [1.165, 1.54) is 0 Å².